The third-order valence-corrected chi connectivity index (χ3v) is 6.46. The first-order chi connectivity index (χ1) is 19.0. The summed E-state index contributed by atoms with van der Waals surface area (Å²) in [6.07, 6.45) is 13.1. The van der Waals surface area contributed by atoms with Crippen molar-refractivity contribution in [2.75, 3.05) is 32.5 Å². The van der Waals surface area contributed by atoms with Gasteiger partial charge in [-0.3, -0.25) is 0 Å². The lowest BCUT2D eigenvalue weighted by atomic mass is 10.1. The van der Waals surface area contributed by atoms with Crippen molar-refractivity contribution in [1.29, 1.82) is 0 Å². The van der Waals surface area contributed by atoms with E-state index in [9.17, 15) is 4.39 Å². The molecule has 3 atom stereocenters. The van der Waals surface area contributed by atoms with Gasteiger partial charge in [-0.05, 0) is 80.4 Å². The number of halogens is 2. The molecule has 7 nitrogen and oxygen atoms in total. The number of aliphatic hydroxyl groups is 2. The van der Waals surface area contributed by atoms with E-state index < -0.39 is 0 Å². The average molecular weight is 579 g/mol. The largest absolute Gasteiger partial charge is 0.513 e. The molecule has 3 unspecified atom stereocenters. The molecule has 1 aromatic carbocycles. The lowest BCUT2D eigenvalue weighted by Gasteiger charge is -2.28. The van der Waals surface area contributed by atoms with Crippen LogP contribution in [0.4, 0.5) is 10.1 Å². The molecule has 2 aliphatic rings. The molecule has 1 aromatic rings. The molecule has 1 aliphatic heterocycles. The molecular formula is C31H48ClFN4O3. The van der Waals surface area contributed by atoms with E-state index in [0.717, 1.165) is 31.0 Å². The van der Waals surface area contributed by atoms with Crippen LogP contribution < -0.4 is 11.5 Å². The normalized spacial score (nSPS) is 19.6. The first kappa shape index (κ1) is 37.2. The maximum atomic E-state index is 13.1. The number of nitrogens with two attached hydrogens (primary N) is 2. The minimum Gasteiger partial charge on any atom is -0.513 e. The number of benzene rings is 1. The number of nitrogen functional groups attached to an aromatic ring is 1. The Morgan fingerprint density at radius 2 is 1.90 bits per heavy atom. The second kappa shape index (κ2) is 21.1. The van der Waals surface area contributed by atoms with Crippen LogP contribution >= 0.6 is 11.6 Å². The zero-order valence-electron chi connectivity index (χ0n) is 24.3. The summed E-state index contributed by atoms with van der Waals surface area (Å²) in [5.41, 5.74) is 13.2. The standard InChI is InChI=1S/C15H23FN2O.C9H17NO.C6H6ClN.CH2O/c1-12(19)4-3-5-14(10-16)15-8-9-18(17(15)2)11-13-6-7-13;1-7(6-11)4-5-8(2)9(3)10;7-5-2-1-3-6(8)4-5;1-2/h3-5,10,13,15,19H,6-9,11H2,1-2H3;4-5,7,9,11H,2,6,10H2,1,3H3;1-4H,8H2;1H2/b5-3-,12-4+,14-10?;5-4-;;. The van der Waals surface area contributed by atoms with Gasteiger partial charge in [0, 0.05) is 43.5 Å². The third-order valence-electron chi connectivity index (χ3n) is 6.22. The molecule has 40 heavy (non-hydrogen) atoms. The molecule has 0 amide bonds. The van der Waals surface area contributed by atoms with Gasteiger partial charge >= 0.3 is 0 Å². The Hall–Kier alpha value is -2.75. The van der Waals surface area contributed by atoms with E-state index >= 15 is 0 Å². The molecule has 6 N–H and O–H groups in total. The average Bonchev–Trinajstić information content (AvgIpc) is 3.68. The smallest absolute Gasteiger partial charge is 0.106 e. The summed E-state index contributed by atoms with van der Waals surface area (Å²) >= 11 is 5.56. The van der Waals surface area contributed by atoms with Crippen molar-refractivity contribution in [3.05, 3.63) is 89.5 Å². The second-order valence-corrected chi connectivity index (χ2v) is 10.4. The van der Waals surface area contributed by atoms with Gasteiger partial charge < -0.3 is 26.5 Å². The van der Waals surface area contributed by atoms with Crippen LogP contribution in [0.25, 0.3) is 0 Å². The monoisotopic (exact) mass is 578 g/mol. The number of hydrogen-bond donors (Lipinski definition) is 4. The molecule has 1 aliphatic carbocycles. The molecule has 2 fully saturated rings. The minimum absolute atomic E-state index is 0.00265. The number of anilines is 1. The third kappa shape index (κ3) is 16.4. The SMILES string of the molecule is C/C(O)=C\C=C/C(=CF)C1CCN(CC2CC2)N1C.C=C(/C=C\C(C)CO)C(C)N.C=O.Nc1cccc(Cl)c1. The van der Waals surface area contributed by atoms with E-state index in [1.54, 1.807) is 43.4 Å². The fourth-order valence-electron chi connectivity index (χ4n) is 3.54. The minimum atomic E-state index is -0.00265. The van der Waals surface area contributed by atoms with Crippen LogP contribution in [-0.4, -0.2) is 65.8 Å². The van der Waals surface area contributed by atoms with E-state index in [1.807, 2.05) is 45.9 Å². The molecule has 3 rings (SSSR count). The first-order valence-corrected chi connectivity index (χ1v) is 13.7. The highest BCUT2D eigenvalue weighted by Gasteiger charge is 2.34. The number of likely N-dealkylation sites (N-methyl/N-ethyl adjacent to an activating group) is 1. The van der Waals surface area contributed by atoms with Crippen LogP contribution in [0.2, 0.25) is 5.02 Å². The number of rotatable bonds is 9. The number of aliphatic hydroxyl groups excluding tert-OH is 2. The maximum absolute atomic E-state index is 13.1. The van der Waals surface area contributed by atoms with Gasteiger partial charge in [0.05, 0.1) is 18.1 Å². The molecule has 0 radical (unpaired) electrons. The molecule has 0 bridgehead atoms. The maximum Gasteiger partial charge on any atom is 0.106 e. The second-order valence-electron chi connectivity index (χ2n) is 9.95. The zero-order chi connectivity index (χ0) is 30.7. The van der Waals surface area contributed by atoms with Gasteiger partial charge in [-0.15, -0.1) is 0 Å². The zero-order valence-corrected chi connectivity index (χ0v) is 25.1. The Morgan fingerprint density at radius 1 is 1.25 bits per heavy atom. The summed E-state index contributed by atoms with van der Waals surface area (Å²) in [5.74, 6) is 1.25. The highest BCUT2D eigenvalue weighted by Crippen LogP contribution is 2.33. The van der Waals surface area contributed by atoms with Crippen LogP contribution in [0.5, 0.6) is 0 Å². The highest BCUT2D eigenvalue weighted by molar-refractivity contribution is 6.30. The Bertz CT molecular complexity index is 971. The summed E-state index contributed by atoms with van der Waals surface area (Å²) in [7, 11) is 2.03. The van der Waals surface area contributed by atoms with Crippen molar-refractivity contribution in [2.24, 2.45) is 17.6 Å². The quantitative estimate of drug-likeness (QED) is 0.161. The van der Waals surface area contributed by atoms with E-state index in [4.69, 9.17) is 38.1 Å². The molecular weight excluding hydrogens is 531 g/mol. The number of nitrogens with zero attached hydrogens (tertiary/aromatic N) is 2. The van der Waals surface area contributed by atoms with Crippen molar-refractivity contribution in [1.82, 2.24) is 10.0 Å². The Labute approximate surface area is 245 Å². The van der Waals surface area contributed by atoms with Crippen LogP contribution in [0.15, 0.2) is 84.5 Å². The van der Waals surface area contributed by atoms with Gasteiger partial charge in [-0.1, -0.05) is 55.5 Å². The summed E-state index contributed by atoms with van der Waals surface area (Å²) in [6.45, 7) is 13.5. The molecule has 9 heteroatoms. The summed E-state index contributed by atoms with van der Waals surface area (Å²) in [6, 6.07) is 7.22. The van der Waals surface area contributed by atoms with E-state index in [2.05, 4.69) is 16.6 Å². The molecule has 0 spiro atoms. The number of carbonyl (C=O) groups excluding carboxylic acids is 1. The predicted octanol–water partition coefficient (Wildman–Crippen LogP) is 6.00. The molecule has 224 valence electrons. The number of carbonyl (C=O) groups is 1. The highest BCUT2D eigenvalue weighted by atomic mass is 35.5. The van der Waals surface area contributed by atoms with E-state index in [1.165, 1.54) is 12.8 Å². The Balaban J connectivity index is 0.000000614. The lowest BCUT2D eigenvalue weighted by molar-refractivity contribution is -0.0980. The van der Waals surface area contributed by atoms with Crippen LogP contribution in [0.1, 0.15) is 40.0 Å². The fraction of sp³-hybridized carbons (Fsp3) is 0.452. The topological polar surface area (TPSA) is 116 Å². The molecule has 1 heterocycles. The summed E-state index contributed by atoms with van der Waals surface area (Å²) in [5, 5.41) is 22.9. The Kier molecular flexibility index (Phi) is 19.6. The summed E-state index contributed by atoms with van der Waals surface area (Å²) in [4.78, 5) is 8.00. The van der Waals surface area contributed by atoms with E-state index in [-0.39, 0.29) is 30.4 Å². The Morgan fingerprint density at radius 3 is 2.35 bits per heavy atom. The van der Waals surface area contributed by atoms with Crippen molar-refractivity contribution >= 4 is 24.1 Å². The first-order valence-electron chi connectivity index (χ1n) is 13.3. The fourth-order valence-corrected chi connectivity index (χ4v) is 3.74. The molecule has 1 saturated heterocycles. The lowest BCUT2D eigenvalue weighted by Crippen LogP contribution is -2.39. The van der Waals surface area contributed by atoms with Crippen molar-refractivity contribution < 1.29 is 19.4 Å². The number of allylic oxidation sites excluding steroid dienone is 3. The number of hydrazine groups is 1. The van der Waals surface area contributed by atoms with E-state index in [0.29, 0.717) is 22.6 Å². The van der Waals surface area contributed by atoms with Gasteiger partial charge in [0.1, 0.15) is 6.79 Å². The molecule has 1 saturated carbocycles. The van der Waals surface area contributed by atoms with Gasteiger partial charge in [0.2, 0.25) is 0 Å². The van der Waals surface area contributed by atoms with Crippen molar-refractivity contribution in [3.8, 4) is 0 Å². The van der Waals surface area contributed by atoms with Crippen LogP contribution in [0.3, 0.4) is 0 Å². The molecule has 0 aromatic heterocycles. The van der Waals surface area contributed by atoms with Gasteiger partial charge in [-0.2, -0.15) is 0 Å². The van der Waals surface area contributed by atoms with Crippen LogP contribution in [-0.2, 0) is 4.79 Å². The van der Waals surface area contributed by atoms with Gasteiger partial charge in [0.25, 0.3) is 0 Å². The van der Waals surface area contributed by atoms with Gasteiger partial charge in [0.15, 0.2) is 0 Å². The summed E-state index contributed by atoms with van der Waals surface area (Å²) < 4.78 is 13.1. The van der Waals surface area contributed by atoms with Crippen LogP contribution in [0, 0.1) is 11.8 Å². The van der Waals surface area contributed by atoms with Crippen molar-refractivity contribution in [2.45, 2.75) is 52.1 Å². The predicted molar refractivity (Wildman–Crippen MR) is 166 cm³/mol. The van der Waals surface area contributed by atoms with Crippen molar-refractivity contribution in [3.63, 3.8) is 0 Å². The van der Waals surface area contributed by atoms with Gasteiger partial charge in [-0.25, -0.2) is 14.4 Å². The number of hydrogen-bond acceptors (Lipinski definition) is 7.